The van der Waals surface area contributed by atoms with E-state index in [0.717, 1.165) is 11.1 Å². The summed E-state index contributed by atoms with van der Waals surface area (Å²) in [5, 5.41) is 3.29. The number of benzene rings is 1. The molecule has 3 aromatic rings. The van der Waals surface area contributed by atoms with Crippen molar-refractivity contribution in [2.75, 3.05) is 11.9 Å². The molecule has 2 aromatic heterocycles. The molecule has 0 unspecified atom stereocenters. The van der Waals surface area contributed by atoms with E-state index in [4.69, 9.17) is 4.74 Å². The first kappa shape index (κ1) is 19.2. The molecule has 0 amide bonds. The maximum absolute atomic E-state index is 12.3. The topological polar surface area (TPSA) is 79.9 Å². The zero-order valence-corrected chi connectivity index (χ0v) is 15.9. The van der Waals surface area contributed by atoms with Crippen LogP contribution in [0.4, 0.5) is 19.1 Å². The Bertz CT molecular complexity index is 1090. The number of alkyl halides is 3. The lowest BCUT2D eigenvalue weighted by molar-refractivity contribution is -0.131. The highest BCUT2D eigenvalue weighted by molar-refractivity contribution is 6.02. The predicted octanol–water partition coefficient (Wildman–Crippen LogP) is 4.73. The average Bonchev–Trinajstić information content (AvgIpc) is 3.02. The fourth-order valence-electron chi connectivity index (χ4n) is 3.37. The number of halogens is 3. The first-order chi connectivity index (χ1) is 13.6. The smallest absolute Gasteiger partial charge is 0.390 e. The molecule has 6 nitrogen and oxygen atoms in total. The largest absolute Gasteiger partial charge is 0.487 e. The van der Waals surface area contributed by atoms with Gasteiger partial charge in [0.1, 0.15) is 17.0 Å². The number of ketones is 1. The summed E-state index contributed by atoms with van der Waals surface area (Å²) in [7, 11) is 0. The summed E-state index contributed by atoms with van der Waals surface area (Å²) in [6.07, 6.45) is -1.57. The molecular weight excluding hydrogens is 385 g/mol. The van der Waals surface area contributed by atoms with E-state index in [1.54, 1.807) is 18.5 Å². The maximum atomic E-state index is 12.3. The number of Topliss-reactive ketones (excluding diaryl/α,β-unsaturated/α-hetero) is 1. The highest BCUT2D eigenvalue weighted by Gasteiger charge is 2.32. The van der Waals surface area contributed by atoms with Crippen LogP contribution in [0.15, 0.2) is 30.6 Å². The van der Waals surface area contributed by atoms with Gasteiger partial charge in [-0.1, -0.05) is 6.07 Å². The molecule has 4 rings (SSSR count). The second-order valence-corrected chi connectivity index (χ2v) is 7.62. The van der Waals surface area contributed by atoms with Gasteiger partial charge in [0.15, 0.2) is 5.78 Å². The number of carbonyl (C=O) groups is 1. The summed E-state index contributed by atoms with van der Waals surface area (Å²) in [5.41, 5.74) is 2.12. The van der Waals surface area contributed by atoms with Gasteiger partial charge in [-0.15, -0.1) is 0 Å². The van der Waals surface area contributed by atoms with Gasteiger partial charge in [-0.3, -0.25) is 4.79 Å². The van der Waals surface area contributed by atoms with Crippen LogP contribution in [0.5, 0.6) is 5.75 Å². The normalized spacial score (nSPS) is 15.8. The molecule has 9 heteroatoms. The molecule has 3 heterocycles. The Kier molecular flexibility index (Phi) is 4.48. The summed E-state index contributed by atoms with van der Waals surface area (Å²) >= 11 is 0. The van der Waals surface area contributed by atoms with E-state index in [1.807, 2.05) is 26.0 Å². The van der Waals surface area contributed by atoms with Gasteiger partial charge >= 0.3 is 6.18 Å². The monoisotopic (exact) mass is 404 g/mol. The van der Waals surface area contributed by atoms with Crippen LogP contribution in [0.2, 0.25) is 0 Å². The Balaban J connectivity index is 1.61. The van der Waals surface area contributed by atoms with Crippen LogP contribution in [0, 0.1) is 0 Å². The third kappa shape index (κ3) is 4.03. The number of hydrogen-bond acceptors (Lipinski definition) is 5. The number of ether oxygens (including phenoxy) is 1. The van der Waals surface area contributed by atoms with Crippen molar-refractivity contribution >= 4 is 22.8 Å². The number of carbonyl (C=O) groups excluding carboxylic acids is 1. The Morgan fingerprint density at radius 3 is 2.83 bits per heavy atom. The first-order valence-electron chi connectivity index (χ1n) is 9.13. The Morgan fingerprint density at radius 2 is 2.07 bits per heavy atom. The van der Waals surface area contributed by atoms with Gasteiger partial charge in [-0.05, 0) is 31.5 Å². The summed E-state index contributed by atoms with van der Waals surface area (Å²) in [5.74, 6) is 0.695. The zero-order valence-electron chi connectivity index (χ0n) is 15.9. The SMILES string of the molecule is CC1(C)CC(=O)c2ccc(-c3c[nH]c4nc(NCCC(F)(F)F)ncc34)cc2O1. The minimum absolute atomic E-state index is 0.0413. The Morgan fingerprint density at radius 1 is 1.28 bits per heavy atom. The molecular formula is C20H19F3N4O2. The van der Waals surface area contributed by atoms with Crippen LogP contribution in [0.3, 0.4) is 0 Å². The highest BCUT2D eigenvalue weighted by atomic mass is 19.4. The van der Waals surface area contributed by atoms with Crippen molar-refractivity contribution in [3.8, 4) is 16.9 Å². The Hall–Kier alpha value is -3.10. The molecule has 1 aromatic carbocycles. The fourth-order valence-corrected chi connectivity index (χ4v) is 3.37. The quantitative estimate of drug-likeness (QED) is 0.657. The molecule has 0 bridgehead atoms. The molecule has 0 radical (unpaired) electrons. The molecule has 2 N–H and O–H groups in total. The standard InChI is InChI=1S/C20H19F3N4O2/c1-19(2)8-15(28)12-4-3-11(7-16(12)29-19)13-9-25-17-14(13)10-26-18(27-17)24-6-5-20(21,22)23/h3-4,7,9-10H,5-6,8H2,1-2H3,(H2,24,25,26,27). The summed E-state index contributed by atoms with van der Waals surface area (Å²) < 4.78 is 42.8. The lowest BCUT2D eigenvalue weighted by atomic mass is 9.91. The number of rotatable bonds is 4. The second kappa shape index (κ2) is 6.75. The summed E-state index contributed by atoms with van der Waals surface area (Å²) in [6.45, 7) is 3.44. The number of nitrogens with zero attached hydrogens (tertiary/aromatic N) is 2. The van der Waals surface area contributed by atoms with Crippen molar-refractivity contribution in [1.82, 2.24) is 15.0 Å². The van der Waals surface area contributed by atoms with Crippen molar-refractivity contribution < 1.29 is 22.7 Å². The lowest BCUT2D eigenvalue weighted by Gasteiger charge is -2.31. The van der Waals surface area contributed by atoms with E-state index < -0.39 is 18.2 Å². The highest BCUT2D eigenvalue weighted by Crippen LogP contribution is 2.37. The minimum Gasteiger partial charge on any atom is -0.487 e. The van der Waals surface area contributed by atoms with Crippen molar-refractivity contribution in [3.63, 3.8) is 0 Å². The van der Waals surface area contributed by atoms with Gasteiger partial charge < -0.3 is 15.0 Å². The van der Waals surface area contributed by atoms with Crippen molar-refractivity contribution in [2.45, 2.75) is 38.5 Å². The van der Waals surface area contributed by atoms with Gasteiger partial charge in [0, 0.05) is 29.9 Å². The van der Waals surface area contributed by atoms with Gasteiger partial charge in [0.05, 0.1) is 18.4 Å². The fraction of sp³-hybridized carbons (Fsp3) is 0.350. The number of H-pyrrole nitrogens is 1. The molecule has 0 atom stereocenters. The molecule has 0 fully saturated rings. The van der Waals surface area contributed by atoms with Crippen molar-refractivity contribution in [1.29, 1.82) is 0 Å². The van der Waals surface area contributed by atoms with Gasteiger partial charge in [-0.2, -0.15) is 18.2 Å². The number of nitrogens with one attached hydrogen (secondary N) is 2. The predicted molar refractivity (Wildman–Crippen MR) is 102 cm³/mol. The van der Waals surface area contributed by atoms with Gasteiger partial charge in [0.25, 0.3) is 0 Å². The molecule has 0 saturated heterocycles. The first-order valence-corrected chi connectivity index (χ1v) is 9.13. The molecule has 0 aliphatic carbocycles. The molecule has 0 spiro atoms. The van der Waals surface area contributed by atoms with E-state index in [0.29, 0.717) is 28.8 Å². The maximum Gasteiger partial charge on any atom is 0.390 e. The average molecular weight is 404 g/mol. The minimum atomic E-state index is -4.23. The number of fused-ring (bicyclic) bond motifs is 2. The van der Waals surface area contributed by atoms with E-state index in [2.05, 4.69) is 20.3 Å². The molecule has 152 valence electrons. The summed E-state index contributed by atoms with van der Waals surface area (Å²) in [4.78, 5) is 23.7. The molecule has 1 aliphatic heterocycles. The van der Waals surface area contributed by atoms with Crippen LogP contribution in [-0.4, -0.2) is 39.1 Å². The van der Waals surface area contributed by atoms with Gasteiger partial charge in [-0.25, -0.2) is 4.98 Å². The van der Waals surface area contributed by atoms with Crippen LogP contribution >= 0.6 is 0 Å². The van der Waals surface area contributed by atoms with Gasteiger partial charge in [0.2, 0.25) is 5.95 Å². The second-order valence-electron chi connectivity index (χ2n) is 7.62. The van der Waals surface area contributed by atoms with E-state index in [9.17, 15) is 18.0 Å². The molecule has 1 aliphatic rings. The van der Waals surface area contributed by atoms with Crippen LogP contribution in [0.25, 0.3) is 22.2 Å². The molecule has 0 saturated carbocycles. The molecule has 29 heavy (non-hydrogen) atoms. The number of aromatic nitrogens is 3. The number of anilines is 1. The van der Waals surface area contributed by atoms with Crippen LogP contribution < -0.4 is 10.1 Å². The summed E-state index contributed by atoms with van der Waals surface area (Å²) in [6, 6.07) is 5.39. The van der Waals surface area contributed by atoms with E-state index in [1.165, 1.54) is 0 Å². The van der Waals surface area contributed by atoms with Crippen molar-refractivity contribution in [2.24, 2.45) is 0 Å². The zero-order chi connectivity index (χ0) is 20.8. The number of aromatic amines is 1. The third-order valence-corrected chi connectivity index (χ3v) is 4.69. The third-order valence-electron chi connectivity index (χ3n) is 4.69. The number of hydrogen-bond donors (Lipinski definition) is 2. The van der Waals surface area contributed by atoms with Crippen molar-refractivity contribution in [3.05, 3.63) is 36.2 Å². The van der Waals surface area contributed by atoms with Crippen LogP contribution in [-0.2, 0) is 0 Å². The van der Waals surface area contributed by atoms with E-state index >= 15 is 0 Å². The lowest BCUT2D eigenvalue weighted by Crippen LogP contribution is -2.35. The van der Waals surface area contributed by atoms with Crippen LogP contribution in [0.1, 0.15) is 37.0 Å². The Labute approximate surface area is 164 Å². The van der Waals surface area contributed by atoms with E-state index in [-0.39, 0.29) is 18.3 Å².